The Hall–Kier alpha value is -1.36. The summed E-state index contributed by atoms with van der Waals surface area (Å²) < 4.78 is 0. The first kappa shape index (κ1) is 14.6. The Labute approximate surface area is 129 Å². The summed E-state index contributed by atoms with van der Waals surface area (Å²) in [6.07, 6.45) is 2.57. The minimum Gasteiger partial charge on any atom is -0.348 e. The van der Waals surface area contributed by atoms with Gasteiger partial charge in [0.25, 0.3) is 0 Å². The largest absolute Gasteiger partial charge is 0.348 e. The lowest BCUT2D eigenvalue weighted by Crippen LogP contribution is -2.37. The van der Waals surface area contributed by atoms with Crippen LogP contribution in [0.2, 0.25) is 0 Å². The maximum absolute atomic E-state index is 12.5. The Morgan fingerprint density at radius 3 is 2.76 bits per heavy atom. The highest BCUT2D eigenvalue weighted by Gasteiger charge is 2.42. The maximum Gasteiger partial charge on any atom is 0.225 e. The molecule has 2 aliphatic rings. The molecule has 0 radical (unpaired) electrons. The van der Waals surface area contributed by atoms with E-state index >= 15 is 0 Å². The first-order valence-electron chi connectivity index (χ1n) is 7.69. The molecule has 0 aromatic carbocycles. The lowest BCUT2D eigenvalue weighted by atomic mass is 10.0. The third-order valence-corrected chi connectivity index (χ3v) is 5.29. The van der Waals surface area contributed by atoms with Gasteiger partial charge in [-0.05, 0) is 30.2 Å². The Balaban J connectivity index is 1.64. The van der Waals surface area contributed by atoms with E-state index in [-0.39, 0.29) is 23.8 Å². The van der Waals surface area contributed by atoms with Crippen molar-refractivity contribution in [2.45, 2.75) is 45.2 Å². The smallest absolute Gasteiger partial charge is 0.225 e. The van der Waals surface area contributed by atoms with Crippen molar-refractivity contribution in [1.29, 1.82) is 0 Å². The molecular formula is C16H22N2O2S. The average molecular weight is 306 g/mol. The molecule has 21 heavy (non-hydrogen) atoms. The summed E-state index contributed by atoms with van der Waals surface area (Å²) >= 11 is 1.67. The molecule has 1 saturated carbocycles. The van der Waals surface area contributed by atoms with Gasteiger partial charge in [0.15, 0.2) is 0 Å². The van der Waals surface area contributed by atoms with Crippen molar-refractivity contribution in [3.8, 4) is 0 Å². The first-order chi connectivity index (χ1) is 10.1. The molecule has 1 N–H and O–H groups in total. The molecule has 1 aliphatic heterocycles. The minimum atomic E-state index is -0.181. The number of amides is 2. The monoisotopic (exact) mass is 306 g/mol. The van der Waals surface area contributed by atoms with Crippen LogP contribution in [-0.4, -0.2) is 29.3 Å². The van der Waals surface area contributed by atoms with Gasteiger partial charge in [0.2, 0.25) is 11.8 Å². The average Bonchev–Trinajstić information content (AvgIpc) is 2.99. The zero-order valence-electron chi connectivity index (χ0n) is 12.5. The number of carbonyl (C=O) groups excluding carboxylic acids is 2. The van der Waals surface area contributed by atoms with Gasteiger partial charge in [0.05, 0.1) is 12.0 Å². The van der Waals surface area contributed by atoms with Gasteiger partial charge in [-0.2, -0.15) is 0 Å². The van der Waals surface area contributed by atoms with Gasteiger partial charge in [-0.25, -0.2) is 0 Å². The van der Waals surface area contributed by atoms with E-state index < -0.39 is 0 Å². The maximum atomic E-state index is 12.5. The Morgan fingerprint density at radius 1 is 1.43 bits per heavy atom. The summed E-state index contributed by atoms with van der Waals surface area (Å²) in [4.78, 5) is 27.6. The van der Waals surface area contributed by atoms with Crippen LogP contribution in [0.4, 0.5) is 0 Å². The molecule has 2 amide bonds. The predicted molar refractivity (Wildman–Crippen MR) is 82.9 cm³/mol. The van der Waals surface area contributed by atoms with E-state index in [9.17, 15) is 9.59 Å². The molecule has 0 unspecified atom stereocenters. The summed E-state index contributed by atoms with van der Waals surface area (Å²) in [5.41, 5.74) is 0. The Kier molecular flexibility index (Phi) is 4.02. The van der Waals surface area contributed by atoms with E-state index in [1.54, 1.807) is 11.3 Å². The number of nitrogens with one attached hydrogen (secondary N) is 1. The van der Waals surface area contributed by atoms with Crippen molar-refractivity contribution in [3.05, 3.63) is 22.4 Å². The normalized spacial score (nSPS) is 23.7. The number of hydrogen-bond acceptors (Lipinski definition) is 3. The molecule has 4 nitrogen and oxygen atoms in total. The van der Waals surface area contributed by atoms with Crippen molar-refractivity contribution in [2.24, 2.45) is 11.8 Å². The number of thiophene rings is 1. The van der Waals surface area contributed by atoms with Crippen molar-refractivity contribution in [3.63, 3.8) is 0 Å². The lowest BCUT2D eigenvalue weighted by Gasteiger charge is -2.23. The second-order valence-electron chi connectivity index (χ2n) is 6.42. The van der Waals surface area contributed by atoms with Crippen molar-refractivity contribution in [1.82, 2.24) is 10.2 Å². The Bertz CT molecular complexity index is 522. The molecule has 0 bridgehead atoms. The van der Waals surface area contributed by atoms with Gasteiger partial charge in [0, 0.05) is 23.9 Å². The Morgan fingerprint density at radius 2 is 2.19 bits per heavy atom. The van der Waals surface area contributed by atoms with E-state index in [1.165, 1.54) is 4.88 Å². The van der Waals surface area contributed by atoms with Crippen LogP contribution in [0.3, 0.4) is 0 Å². The molecule has 2 heterocycles. The first-order valence-corrected chi connectivity index (χ1v) is 8.57. The molecule has 2 fully saturated rings. The van der Waals surface area contributed by atoms with Gasteiger partial charge in [0.1, 0.15) is 0 Å². The number of nitrogens with zero attached hydrogens (tertiary/aromatic N) is 1. The number of rotatable bonds is 5. The summed E-state index contributed by atoms with van der Waals surface area (Å²) in [6.45, 7) is 4.83. The fraction of sp³-hybridized carbons (Fsp3) is 0.625. The minimum absolute atomic E-state index is 0.0265. The van der Waals surface area contributed by atoms with Crippen molar-refractivity contribution < 1.29 is 9.59 Å². The van der Waals surface area contributed by atoms with Crippen LogP contribution in [0.5, 0.6) is 0 Å². The molecule has 1 aromatic heterocycles. The highest BCUT2D eigenvalue weighted by Crippen LogP contribution is 2.33. The van der Waals surface area contributed by atoms with Crippen LogP contribution in [-0.2, 0) is 9.59 Å². The summed E-state index contributed by atoms with van der Waals surface area (Å²) in [5, 5.41) is 5.19. The number of hydrogen-bond donors (Lipinski definition) is 1. The van der Waals surface area contributed by atoms with Gasteiger partial charge >= 0.3 is 0 Å². The van der Waals surface area contributed by atoms with Crippen LogP contribution in [0.15, 0.2) is 17.5 Å². The topological polar surface area (TPSA) is 49.4 Å². The zero-order chi connectivity index (χ0) is 15.0. The van der Waals surface area contributed by atoms with Crippen LogP contribution >= 0.6 is 11.3 Å². The molecule has 1 saturated heterocycles. The fourth-order valence-corrected chi connectivity index (χ4v) is 3.90. The van der Waals surface area contributed by atoms with Crippen LogP contribution in [0.1, 0.15) is 44.0 Å². The summed E-state index contributed by atoms with van der Waals surface area (Å²) in [5.74, 6) is 0.331. The van der Waals surface area contributed by atoms with Crippen LogP contribution in [0.25, 0.3) is 0 Å². The lowest BCUT2D eigenvalue weighted by molar-refractivity contribution is -0.129. The second-order valence-corrected chi connectivity index (χ2v) is 7.40. The summed E-state index contributed by atoms with van der Waals surface area (Å²) in [6, 6.07) is 4.53. The molecule has 1 aliphatic carbocycles. The molecular weight excluding hydrogens is 284 g/mol. The third kappa shape index (κ3) is 3.12. The summed E-state index contributed by atoms with van der Waals surface area (Å²) in [7, 11) is 0. The van der Waals surface area contributed by atoms with Gasteiger partial charge in [-0.15, -0.1) is 11.3 Å². The molecule has 2 atom stereocenters. The van der Waals surface area contributed by atoms with E-state index in [1.807, 2.05) is 16.3 Å². The van der Waals surface area contributed by atoms with Crippen LogP contribution in [0, 0.1) is 11.8 Å². The van der Waals surface area contributed by atoms with Crippen LogP contribution < -0.4 is 5.32 Å². The predicted octanol–water partition coefficient (Wildman–Crippen LogP) is 2.57. The van der Waals surface area contributed by atoms with Crippen molar-refractivity contribution >= 4 is 23.2 Å². The number of likely N-dealkylation sites (tertiary alicyclic amines) is 1. The van der Waals surface area contributed by atoms with Gasteiger partial charge in [-0.1, -0.05) is 19.9 Å². The second kappa shape index (κ2) is 5.79. The van der Waals surface area contributed by atoms with Crippen molar-refractivity contribution in [2.75, 3.05) is 6.54 Å². The van der Waals surface area contributed by atoms with Gasteiger partial charge in [-0.3, -0.25) is 9.59 Å². The highest BCUT2D eigenvalue weighted by molar-refractivity contribution is 7.10. The van der Waals surface area contributed by atoms with E-state index in [0.29, 0.717) is 24.9 Å². The molecule has 3 rings (SSSR count). The SMILES string of the molecule is CC(C)[C@H](NC(=O)[C@@H]1CC(=O)N(C2CC2)C1)c1cccs1. The van der Waals surface area contributed by atoms with Gasteiger partial charge < -0.3 is 10.2 Å². The fourth-order valence-electron chi connectivity index (χ4n) is 2.95. The third-order valence-electron chi connectivity index (χ3n) is 4.33. The quantitative estimate of drug-likeness (QED) is 0.909. The highest BCUT2D eigenvalue weighted by atomic mass is 32.1. The molecule has 0 spiro atoms. The molecule has 1 aromatic rings. The van der Waals surface area contributed by atoms with E-state index in [2.05, 4.69) is 25.2 Å². The number of carbonyl (C=O) groups is 2. The molecule has 5 heteroatoms. The van der Waals surface area contributed by atoms with E-state index in [4.69, 9.17) is 0 Å². The zero-order valence-corrected chi connectivity index (χ0v) is 13.4. The standard InChI is InChI=1S/C16H22N2O2S/c1-10(2)15(13-4-3-7-21-13)17-16(20)11-8-14(19)18(9-11)12-5-6-12/h3-4,7,10-12,15H,5-6,8-9H2,1-2H3,(H,17,20)/t11-,15+/m1/s1. The molecule has 114 valence electrons. The van der Waals surface area contributed by atoms with E-state index in [0.717, 1.165) is 12.8 Å².